The van der Waals surface area contributed by atoms with E-state index in [9.17, 15) is 9.59 Å². The SMILES string of the molecule is CCC1C(=O)N2CCCCC2C(=O)N1c1cccc(Cl)c1. The standard InChI is InChI=1S/C16H19ClN2O2/c1-2-13-15(20)18-9-4-3-8-14(18)16(21)19(13)12-7-5-6-11(17)10-12/h5-7,10,13-14H,2-4,8-9H2,1H3. The van der Waals surface area contributed by atoms with E-state index in [-0.39, 0.29) is 17.9 Å². The number of carbonyl (C=O) groups is 2. The number of anilines is 1. The lowest BCUT2D eigenvalue weighted by Gasteiger charge is -2.46. The van der Waals surface area contributed by atoms with Crippen molar-refractivity contribution in [2.45, 2.75) is 44.7 Å². The van der Waals surface area contributed by atoms with Crippen LogP contribution in [0.5, 0.6) is 0 Å². The van der Waals surface area contributed by atoms with Gasteiger partial charge in [-0.1, -0.05) is 24.6 Å². The molecule has 2 aliphatic heterocycles. The van der Waals surface area contributed by atoms with Crippen molar-refractivity contribution in [3.63, 3.8) is 0 Å². The van der Waals surface area contributed by atoms with Gasteiger partial charge in [-0.05, 0) is 43.9 Å². The third-order valence-corrected chi connectivity index (χ3v) is 4.61. The predicted molar refractivity (Wildman–Crippen MR) is 82.4 cm³/mol. The molecule has 2 amide bonds. The maximum absolute atomic E-state index is 12.9. The number of amides is 2. The third-order valence-electron chi connectivity index (χ3n) is 4.38. The van der Waals surface area contributed by atoms with Crippen LogP contribution in [0.25, 0.3) is 0 Å². The number of piperidine rings is 1. The number of hydrogen-bond acceptors (Lipinski definition) is 2. The zero-order valence-corrected chi connectivity index (χ0v) is 12.8. The van der Waals surface area contributed by atoms with Crippen LogP contribution < -0.4 is 4.90 Å². The highest BCUT2D eigenvalue weighted by atomic mass is 35.5. The van der Waals surface area contributed by atoms with E-state index >= 15 is 0 Å². The van der Waals surface area contributed by atoms with E-state index in [0.29, 0.717) is 18.0 Å². The number of carbonyl (C=O) groups excluding carboxylic acids is 2. The minimum Gasteiger partial charge on any atom is -0.329 e. The summed E-state index contributed by atoms with van der Waals surface area (Å²) in [6.45, 7) is 2.65. The molecule has 4 nitrogen and oxygen atoms in total. The molecule has 21 heavy (non-hydrogen) atoms. The second kappa shape index (κ2) is 5.68. The van der Waals surface area contributed by atoms with Crippen molar-refractivity contribution in [1.29, 1.82) is 0 Å². The molecule has 2 saturated heterocycles. The summed E-state index contributed by atoms with van der Waals surface area (Å²) in [5.41, 5.74) is 0.720. The molecule has 112 valence electrons. The molecule has 2 fully saturated rings. The number of fused-ring (bicyclic) bond motifs is 1. The fourth-order valence-corrected chi connectivity index (χ4v) is 3.54. The summed E-state index contributed by atoms with van der Waals surface area (Å²) in [7, 11) is 0. The topological polar surface area (TPSA) is 40.6 Å². The minimum absolute atomic E-state index is 0.0309. The van der Waals surface area contributed by atoms with Crippen molar-refractivity contribution in [2.24, 2.45) is 0 Å². The molecule has 2 atom stereocenters. The highest BCUT2D eigenvalue weighted by Gasteiger charge is 2.46. The molecule has 2 unspecified atom stereocenters. The Morgan fingerprint density at radius 3 is 2.76 bits per heavy atom. The summed E-state index contributed by atoms with van der Waals surface area (Å²) in [5, 5.41) is 0.577. The lowest BCUT2D eigenvalue weighted by Crippen LogP contribution is -2.66. The Morgan fingerprint density at radius 2 is 2.05 bits per heavy atom. The number of hydrogen-bond donors (Lipinski definition) is 0. The van der Waals surface area contributed by atoms with Gasteiger partial charge in [-0.3, -0.25) is 14.5 Å². The monoisotopic (exact) mass is 306 g/mol. The average Bonchev–Trinajstić information content (AvgIpc) is 2.50. The van der Waals surface area contributed by atoms with E-state index in [4.69, 9.17) is 11.6 Å². The fourth-order valence-electron chi connectivity index (χ4n) is 3.36. The highest BCUT2D eigenvalue weighted by molar-refractivity contribution is 6.31. The normalized spacial score (nSPS) is 26.0. The number of halogens is 1. The summed E-state index contributed by atoms with van der Waals surface area (Å²) in [6, 6.07) is 6.48. The predicted octanol–water partition coefficient (Wildman–Crippen LogP) is 2.85. The van der Waals surface area contributed by atoms with E-state index in [1.165, 1.54) is 0 Å². The van der Waals surface area contributed by atoms with Crippen molar-refractivity contribution in [2.75, 3.05) is 11.4 Å². The summed E-state index contributed by atoms with van der Waals surface area (Å²) < 4.78 is 0. The van der Waals surface area contributed by atoms with Crippen molar-refractivity contribution in [3.05, 3.63) is 29.3 Å². The molecule has 0 aromatic heterocycles. The molecule has 1 aromatic carbocycles. The fraction of sp³-hybridized carbons (Fsp3) is 0.500. The first-order valence-electron chi connectivity index (χ1n) is 7.52. The zero-order chi connectivity index (χ0) is 15.0. The molecule has 1 aromatic rings. The molecule has 0 saturated carbocycles. The van der Waals surface area contributed by atoms with Gasteiger partial charge in [0.15, 0.2) is 0 Å². The second-order valence-corrected chi connectivity index (χ2v) is 6.09. The van der Waals surface area contributed by atoms with Gasteiger partial charge < -0.3 is 4.90 Å². The lowest BCUT2D eigenvalue weighted by atomic mass is 9.94. The molecule has 0 aliphatic carbocycles. The van der Waals surface area contributed by atoms with Gasteiger partial charge in [0, 0.05) is 17.3 Å². The van der Waals surface area contributed by atoms with Crippen LogP contribution in [0.15, 0.2) is 24.3 Å². The number of benzene rings is 1. The molecule has 0 N–H and O–H groups in total. The Kier molecular flexibility index (Phi) is 3.89. The van der Waals surface area contributed by atoms with Crippen LogP contribution in [0, 0.1) is 0 Å². The summed E-state index contributed by atoms with van der Waals surface area (Å²) in [4.78, 5) is 29.0. The first-order valence-corrected chi connectivity index (χ1v) is 7.90. The molecule has 2 heterocycles. The Bertz CT molecular complexity index is 575. The van der Waals surface area contributed by atoms with Crippen molar-refractivity contribution in [3.8, 4) is 0 Å². The molecular formula is C16H19ClN2O2. The smallest absolute Gasteiger partial charge is 0.250 e. The number of rotatable bonds is 2. The number of piperazine rings is 1. The molecule has 5 heteroatoms. The number of nitrogens with zero attached hydrogens (tertiary/aromatic N) is 2. The van der Waals surface area contributed by atoms with Crippen molar-refractivity contribution < 1.29 is 9.59 Å². The Hall–Kier alpha value is -1.55. The van der Waals surface area contributed by atoms with E-state index in [1.807, 2.05) is 19.1 Å². The first kappa shape index (κ1) is 14.4. The summed E-state index contributed by atoms with van der Waals surface area (Å²) in [6.07, 6.45) is 3.36. The maximum Gasteiger partial charge on any atom is 0.250 e. The summed E-state index contributed by atoms with van der Waals surface area (Å²) in [5.74, 6) is 0.102. The van der Waals surface area contributed by atoms with Gasteiger partial charge >= 0.3 is 0 Å². The first-order chi connectivity index (χ1) is 10.1. The van der Waals surface area contributed by atoms with Gasteiger partial charge in [0.1, 0.15) is 12.1 Å². The van der Waals surface area contributed by atoms with Gasteiger partial charge in [-0.15, -0.1) is 0 Å². The Balaban J connectivity index is 2.01. The highest BCUT2D eigenvalue weighted by Crippen LogP contribution is 2.32. The van der Waals surface area contributed by atoms with Gasteiger partial charge in [0.05, 0.1) is 0 Å². The molecule has 0 bridgehead atoms. The molecule has 0 radical (unpaired) electrons. The van der Waals surface area contributed by atoms with E-state index in [0.717, 1.165) is 24.9 Å². The van der Waals surface area contributed by atoms with Gasteiger partial charge in [-0.25, -0.2) is 0 Å². The molecular weight excluding hydrogens is 288 g/mol. The van der Waals surface area contributed by atoms with Crippen molar-refractivity contribution in [1.82, 2.24) is 4.90 Å². The Morgan fingerprint density at radius 1 is 1.24 bits per heavy atom. The van der Waals surface area contributed by atoms with Crippen LogP contribution in [-0.4, -0.2) is 35.3 Å². The maximum atomic E-state index is 12.9. The van der Waals surface area contributed by atoms with E-state index < -0.39 is 6.04 Å². The quantitative estimate of drug-likeness (QED) is 0.843. The lowest BCUT2D eigenvalue weighted by molar-refractivity contribution is -0.148. The van der Waals surface area contributed by atoms with Gasteiger partial charge in [-0.2, -0.15) is 0 Å². The van der Waals surface area contributed by atoms with Crippen LogP contribution in [0.3, 0.4) is 0 Å². The van der Waals surface area contributed by atoms with Crippen LogP contribution in [0.4, 0.5) is 5.69 Å². The second-order valence-electron chi connectivity index (χ2n) is 5.66. The van der Waals surface area contributed by atoms with Crippen molar-refractivity contribution >= 4 is 29.1 Å². The van der Waals surface area contributed by atoms with Crippen LogP contribution in [0.2, 0.25) is 5.02 Å². The van der Waals surface area contributed by atoms with E-state index in [1.54, 1.807) is 21.9 Å². The molecule has 0 spiro atoms. The Labute approximate surface area is 129 Å². The van der Waals surface area contributed by atoms with Crippen LogP contribution in [0.1, 0.15) is 32.6 Å². The molecule has 2 aliphatic rings. The van der Waals surface area contributed by atoms with Crippen LogP contribution >= 0.6 is 11.6 Å². The van der Waals surface area contributed by atoms with Gasteiger partial charge in [0.2, 0.25) is 5.91 Å². The minimum atomic E-state index is -0.412. The van der Waals surface area contributed by atoms with Crippen LogP contribution in [-0.2, 0) is 9.59 Å². The third kappa shape index (κ3) is 2.42. The van der Waals surface area contributed by atoms with Gasteiger partial charge in [0.25, 0.3) is 5.91 Å². The zero-order valence-electron chi connectivity index (χ0n) is 12.1. The molecule has 3 rings (SSSR count). The average molecular weight is 307 g/mol. The largest absolute Gasteiger partial charge is 0.329 e. The summed E-state index contributed by atoms with van der Waals surface area (Å²) >= 11 is 6.04. The van der Waals surface area contributed by atoms with E-state index in [2.05, 4.69) is 0 Å².